The fourth-order valence-electron chi connectivity index (χ4n) is 5.18. The molecule has 214 valence electrons. The molecule has 0 radical (unpaired) electrons. The molecule has 2 amide bonds. The Labute approximate surface area is 238 Å². The van der Waals surface area contributed by atoms with Crippen LogP contribution in [0.25, 0.3) is 33.4 Å². The molecule has 3 N–H and O–H groups in total. The summed E-state index contributed by atoms with van der Waals surface area (Å²) in [4.78, 5) is 28.4. The second-order valence-electron chi connectivity index (χ2n) is 10.3. The molecule has 5 rings (SSSR count). The molecule has 1 saturated heterocycles. The molecule has 0 saturated carbocycles. The average Bonchev–Trinajstić information content (AvgIpc) is 3.35. The van der Waals surface area contributed by atoms with Crippen LogP contribution in [0.1, 0.15) is 34.6 Å². The van der Waals surface area contributed by atoms with Crippen LogP contribution >= 0.6 is 0 Å². The van der Waals surface area contributed by atoms with Gasteiger partial charge in [0, 0.05) is 60.5 Å². The van der Waals surface area contributed by atoms with Gasteiger partial charge in [-0.2, -0.15) is 0 Å². The lowest BCUT2D eigenvalue weighted by Crippen LogP contribution is -2.53. The highest BCUT2D eigenvalue weighted by Gasteiger charge is 2.38. The van der Waals surface area contributed by atoms with Crippen molar-refractivity contribution in [3.05, 3.63) is 77.6 Å². The number of fused-ring (bicyclic) bond motifs is 1. The normalized spacial score (nSPS) is 14.0. The van der Waals surface area contributed by atoms with Crippen LogP contribution in [0.15, 0.2) is 65.1 Å². The van der Waals surface area contributed by atoms with E-state index in [1.165, 1.54) is 12.1 Å². The minimum absolute atomic E-state index is 0.0567. The van der Waals surface area contributed by atoms with Crippen LogP contribution < -0.4 is 15.5 Å². The van der Waals surface area contributed by atoms with Gasteiger partial charge in [-0.1, -0.05) is 12.1 Å². The number of carbonyl (C=O) groups is 2. The Morgan fingerprint density at radius 2 is 1.73 bits per heavy atom. The number of nitrogens with zero attached hydrogens (tertiary/aromatic N) is 1. The molecular formula is C32H34FN3O5. The summed E-state index contributed by atoms with van der Waals surface area (Å²) < 4.78 is 25.2. The molecule has 1 fully saturated rings. The smallest absolute Gasteiger partial charge is 0.255 e. The van der Waals surface area contributed by atoms with Crippen molar-refractivity contribution in [1.82, 2.24) is 10.6 Å². The van der Waals surface area contributed by atoms with Crippen LogP contribution in [0.5, 0.6) is 0 Å². The number of nitrogens with one attached hydrogen (secondary N) is 2. The number of aliphatic hydroxyl groups excluding tert-OH is 1. The van der Waals surface area contributed by atoms with E-state index in [-0.39, 0.29) is 24.2 Å². The number of aliphatic hydroxyl groups is 1. The molecule has 3 aromatic carbocycles. The predicted octanol–water partition coefficient (Wildman–Crippen LogP) is 4.85. The van der Waals surface area contributed by atoms with E-state index < -0.39 is 5.41 Å². The highest BCUT2D eigenvalue weighted by Crippen LogP contribution is 2.41. The number of amides is 2. The Morgan fingerprint density at radius 1 is 1.00 bits per heavy atom. The maximum Gasteiger partial charge on any atom is 0.255 e. The molecule has 41 heavy (non-hydrogen) atoms. The third-order valence-electron chi connectivity index (χ3n) is 7.68. The number of hydrogen-bond acceptors (Lipinski definition) is 6. The molecule has 1 aliphatic rings. The van der Waals surface area contributed by atoms with E-state index >= 15 is 0 Å². The maximum atomic E-state index is 13.7. The third-order valence-corrected chi connectivity index (χ3v) is 7.68. The zero-order chi connectivity index (χ0) is 29.1. The number of ether oxygens (including phenoxy) is 1. The van der Waals surface area contributed by atoms with Crippen molar-refractivity contribution < 1.29 is 28.2 Å². The molecule has 0 aliphatic carbocycles. The fourth-order valence-corrected chi connectivity index (χ4v) is 5.18. The Hall–Kier alpha value is -4.21. The second kappa shape index (κ2) is 11.7. The Kier molecular flexibility index (Phi) is 8.10. The number of halogens is 1. The van der Waals surface area contributed by atoms with Gasteiger partial charge in [-0.05, 0) is 61.9 Å². The average molecular weight is 560 g/mol. The Balaban J connectivity index is 1.62. The largest absolute Gasteiger partial charge is 0.455 e. The van der Waals surface area contributed by atoms with E-state index in [2.05, 4.69) is 29.4 Å². The lowest BCUT2D eigenvalue weighted by Gasteiger charge is -2.39. The summed E-state index contributed by atoms with van der Waals surface area (Å²) in [7, 11) is 1.56. The van der Waals surface area contributed by atoms with Crippen molar-refractivity contribution in [2.24, 2.45) is 5.41 Å². The summed E-state index contributed by atoms with van der Waals surface area (Å²) in [6.45, 7) is 6.67. The van der Waals surface area contributed by atoms with Crippen molar-refractivity contribution in [3.63, 3.8) is 0 Å². The van der Waals surface area contributed by atoms with Crippen LogP contribution in [0.3, 0.4) is 0 Å². The van der Waals surface area contributed by atoms with Gasteiger partial charge in [-0.3, -0.25) is 9.59 Å². The molecule has 0 unspecified atom stereocenters. The van der Waals surface area contributed by atoms with E-state index in [1.807, 2.05) is 30.3 Å². The van der Waals surface area contributed by atoms with Crippen molar-refractivity contribution >= 4 is 28.5 Å². The van der Waals surface area contributed by atoms with E-state index in [1.54, 1.807) is 25.2 Å². The highest BCUT2D eigenvalue weighted by atomic mass is 19.1. The topological polar surface area (TPSA) is 104 Å². The summed E-state index contributed by atoms with van der Waals surface area (Å²) in [5, 5.41) is 16.0. The van der Waals surface area contributed by atoms with Crippen molar-refractivity contribution in [2.75, 3.05) is 51.4 Å². The van der Waals surface area contributed by atoms with Gasteiger partial charge in [-0.15, -0.1) is 0 Å². The Morgan fingerprint density at radius 3 is 2.34 bits per heavy atom. The zero-order valence-corrected chi connectivity index (χ0v) is 23.4. The fraction of sp³-hybridized carbons (Fsp3) is 0.312. The number of benzene rings is 3. The SMILES string of the molecule is CCN(CC)c1cc2oc(-c3ccc(F)cc3)c(C(=O)NC)c2cc1-c1cccc(C(=O)NCC2(CO)COC2)c1. The molecule has 1 aliphatic heterocycles. The van der Waals surface area contributed by atoms with Crippen LogP contribution in [-0.2, 0) is 4.74 Å². The highest BCUT2D eigenvalue weighted by molar-refractivity contribution is 6.13. The van der Waals surface area contributed by atoms with Gasteiger partial charge in [0.1, 0.15) is 17.2 Å². The van der Waals surface area contributed by atoms with E-state index in [9.17, 15) is 19.1 Å². The first-order valence-corrected chi connectivity index (χ1v) is 13.7. The molecule has 1 aromatic heterocycles. The number of carbonyl (C=O) groups excluding carboxylic acids is 2. The standard InChI is InChI=1S/C32H34FN3O5/c1-4-36(5-2)26-15-27-25(28(31(39)34-3)29(41-27)20-9-11-23(33)12-10-20)14-24(26)21-7-6-8-22(13-21)30(38)35-16-32(17-37)18-40-19-32/h6-15,37H,4-5,16-19H2,1-3H3,(H,34,39)(H,35,38). The molecule has 0 atom stereocenters. The van der Waals surface area contributed by atoms with Crippen molar-refractivity contribution in [1.29, 1.82) is 0 Å². The van der Waals surface area contributed by atoms with Crippen LogP contribution in [0.4, 0.5) is 10.1 Å². The molecule has 0 bridgehead atoms. The predicted molar refractivity (Wildman–Crippen MR) is 157 cm³/mol. The Bertz CT molecular complexity index is 1570. The van der Waals surface area contributed by atoms with Crippen LogP contribution in [0, 0.1) is 11.2 Å². The number of rotatable bonds is 10. The monoisotopic (exact) mass is 559 g/mol. The minimum Gasteiger partial charge on any atom is -0.455 e. The quantitative estimate of drug-likeness (QED) is 0.257. The zero-order valence-electron chi connectivity index (χ0n) is 23.4. The van der Waals surface area contributed by atoms with Crippen LogP contribution in [-0.4, -0.2) is 63.4 Å². The lowest BCUT2D eigenvalue weighted by atomic mass is 9.87. The number of furan rings is 1. The summed E-state index contributed by atoms with van der Waals surface area (Å²) in [5.74, 6) is -0.595. The van der Waals surface area contributed by atoms with E-state index in [4.69, 9.17) is 9.15 Å². The van der Waals surface area contributed by atoms with Crippen LogP contribution in [0.2, 0.25) is 0 Å². The van der Waals surface area contributed by atoms with Gasteiger partial charge >= 0.3 is 0 Å². The van der Waals surface area contributed by atoms with Gasteiger partial charge in [-0.25, -0.2) is 4.39 Å². The van der Waals surface area contributed by atoms with E-state index in [0.29, 0.717) is 53.2 Å². The number of anilines is 1. The van der Waals surface area contributed by atoms with Gasteiger partial charge in [0.05, 0.1) is 30.8 Å². The first-order chi connectivity index (χ1) is 19.8. The van der Waals surface area contributed by atoms with Gasteiger partial charge in [0.2, 0.25) is 0 Å². The molecule has 8 nitrogen and oxygen atoms in total. The molecular weight excluding hydrogens is 525 g/mol. The molecule has 2 heterocycles. The van der Waals surface area contributed by atoms with E-state index in [0.717, 1.165) is 29.9 Å². The third kappa shape index (κ3) is 5.42. The van der Waals surface area contributed by atoms with Gasteiger partial charge in [0.25, 0.3) is 11.8 Å². The van der Waals surface area contributed by atoms with Crippen molar-refractivity contribution in [2.45, 2.75) is 13.8 Å². The maximum absolute atomic E-state index is 13.7. The molecule has 4 aromatic rings. The summed E-state index contributed by atoms with van der Waals surface area (Å²) in [5.41, 5.74) is 4.05. The lowest BCUT2D eigenvalue weighted by molar-refractivity contribution is -0.133. The van der Waals surface area contributed by atoms with Gasteiger partial charge in [0.15, 0.2) is 0 Å². The first kappa shape index (κ1) is 28.3. The number of hydrogen-bond donors (Lipinski definition) is 3. The first-order valence-electron chi connectivity index (χ1n) is 13.7. The molecule has 0 spiro atoms. The van der Waals surface area contributed by atoms with Crippen molar-refractivity contribution in [3.8, 4) is 22.5 Å². The summed E-state index contributed by atoms with van der Waals surface area (Å²) in [6.07, 6.45) is 0. The van der Waals surface area contributed by atoms with Gasteiger partial charge < -0.3 is 29.8 Å². The summed E-state index contributed by atoms with van der Waals surface area (Å²) in [6, 6.07) is 17.0. The minimum atomic E-state index is -0.437. The molecule has 9 heteroatoms. The second-order valence-corrected chi connectivity index (χ2v) is 10.3. The summed E-state index contributed by atoms with van der Waals surface area (Å²) >= 11 is 0.